The van der Waals surface area contributed by atoms with Crippen molar-refractivity contribution < 1.29 is 14.3 Å². The molecule has 1 atom stereocenters. The van der Waals surface area contributed by atoms with Crippen LogP contribution in [0.1, 0.15) is 43.9 Å². The summed E-state index contributed by atoms with van der Waals surface area (Å²) >= 11 is 0. The Morgan fingerprint density at radius 2 is 2.05 bits per heavy atom. The van der Waals surface area contributed by atoms with Crippen molar-refractivity contribution in [2.24, 2.45) is 5.92 Å². The van der Waals surface area contributed by atoms with Crippen LogP contribution >= 0.6 is 0 Å². The van der Waals surface area contributed by atoms with Gasteiger partial charge in [0.05, 0.1) is 24.9 Å². The lowest BCUT2D eigenvalue weighted by Gasteiger charge is -2.13. The highest BCUT2D eigenvalue weighted by Gasteiger charge is 2.22. The fraction of sp³-hybridized carbons (Fsp3) is 0.769. The van der Waals surface area contributed by atoms with Crippen LogP contribution in [0.15, 0.2) is 0 Å². The first kappa shape index (κ1) is 15.6. The number of hydrogen-bond acceptors (Lipinski definition) is 5. The van der Waals surface area contributed by atoms with Gasteiger partial charge in [-0.2, -0.15) is 0 Å². The summed E-state index contributed by atoms with van der Waals surface area (Å²) < 4.78 is 12.0. The Morgan fingerprint density at radius 3 is 2.58 bits per heavy atom. The minimum atomic E-state index is -0.408. The molecule has 0 fully saturated rings. The van der Waals surface area contributed by atoms with Gasteiger partial charge < -0.3 is 9.47 Å². The van der Waals surface area contributed by atoms with E-state index in [-0.39, 0.29) is 6.10 Å². The van der Waals surface area contributed by atoms with Crippen LogP contribution in [0.25, 0.3) is 0 Å². The van der Waals surface area contributed by atoms with Crippen molar-refractivity contribution in [2.75, 3.05) is 13.7 Å². The molecule has 0 N–H and O–H groups in total. The maximum absolute atomic E-state index is 11.8. The van der Waals surface area contributed by atoms with Gasteiger partial charge in [-0.1, -0.05) is 19.1 Å². The van der Waals surface area contributed by atoms with Crippen LogP contribution in [0.5, 0.6) is 0 Å². The molecule has 19 heavy (non-hydrogen) atoms. The monoisotopic (exact) mass is 269 g/mol. The summed E-state index contributed by atoms with van der Waals surface area (Å²) in [6.07, 6.45) is 0.750. The number of carbonyl (C=O) groups excluding carboxylic acids is 1. The van der Waals surface area contributed by atoms with Crippen molar-refractivity contribution in [3.63, 3.8) is 0 Å². The molecule has 6 heteroatoms. The van der Waals surface area contributed by atoms with E-state index in [1.54, 1.807) is 18.7 Å². The molecule has 1 rings (SSSR count). The van der Waals surface area contributed by atoms with Gasteiger partial charge in [0.1, 0.15) is 0 Å². The standard InChI is InChI=1S/C13H23N3O3/c1-6-19-13(17)12-11(7-9(2)3)16(15-14-12)8-10(4)18-5/h9-10H,6-8H2,1-5H3. The minimum absolute atomic E-state index is 0.0163. The van der Waals surface area contributed by atoms with Crippen molar-refractivity contribution >= 4 is 5.97 Å². The summed E-state index contributed by atoms with van der Waals surface area (Å²) in [5.41, 5.74) is 1.14. The minimum Gasteiger partial charge on any atom is -0.461 e. The zero-order valence-electron chi connectivity index (χ0n) is 12.3. The zero-order chi connectivity index (χ0) is 14.4. The molecule has 1 aromatic heterocycles. The number of rotatable bonds is 7. The summed E-state index contributed by atoms with van der Waals surface area (Å²) in [6.45, 7) is 8.81. The second-order valence-electron chi connectivity index (χ2n) is 4.93. The first-order valence-corrected chi connectivity index (χ1v) is 6.61. The van der Waals surface area contributed by atoms with Gasteiger partial charge in [-0.05, 0) is 26.2 Å². The molecule has 1 unspecified atom stereocenters. The molecule has 108 valence electrons. The van der Waals surface area contributed by atoms with Gasteiger partial charge in [0.2, 0.25) is 0 Å². The largest absolute Gasteiger partial charge is 0.461 e. The molecule has 1 aromatic rings. The molecule has 0 spiro atoms. The third-order valence-electron chi connectivity index (χ3n) is 2.74. The first-order valence-electron chi connectivity index (χ1n) is 6.61. The topological polar surface area (TPSA) is 66.2 Å². The predicted octanol–water partition coefficient (Wildman–Crippen LogP) is 1.69. The van der Waals surface area contributed by atoms with E-state index < -0.39 is 5.97 Å². The average molecular weight is 269 g/mol. The van der Waals surface area contributed by atoms with E-state index in [0.29, 0.717) is 24.8 Å². The van der Waals surface area contributed by atoms with Crippen LogP contribution in [0.4, 0.5) is 0 Å². The maximum atomic E-state index is 11.8. The van der Waals surface area contributed by atoms with E-state index >= 15 is 0 Å². The van der Waals surface area contributed by atoms with E-state index in [9.17, 15) is 4.79 Å². The van der Waals surface area contributed by atoms with Gasteiger partial charge in [-0.15, -0.1) is 5.10 Å². The Bertz CT molecular complexity index is 415. The molecule has 0 bridgehead atoms. The molecule has 0 saturated carbocycles. The lowest BCUT2D eigenvalue weighted by molar-refractivity contribution is 0.0517. The second-order valence-corrected chi connectivity index (χ2v) is 4.93. The van der Waals surface area contributed by atoms with E-state index in [1.165, 1.54) is 0 Å². The van der Waals surface area contributed by atoms with E-state index in [1.807, 2.05) is 6.92 Å². The normalized spacial score (nSPS) is 12.7. The Balaban J connectivity index is 3.00. The number of carbonyl (C=O) groups is 1. The molecule has 1 heterocycles. The van der Waals surface area contributed by atoms with Gasteiger partial charge in [0, 0.05) is 7.11 Å². The van der Waals surface area contributed by atoms with E-state index in [4.69, 9.17) is 9.47 Å². The maximum Gasteiger partial charge on any atom is 0.360 e. The average Bonchev–Trinajstić information content (AvgIpc) is 2.72. The van der Waals surface area contributed by atoms with Gasteiger partial charge in [0.25, 0.3) is 0 Å². The Hall–Kier alpha value is -1.43. The quantitative estimate of drug-likeness (QED) is 0.705. The van der Waals surface area contributed by atoms with E-state index in [0.717, 1.165) is 12.1 Å². The van der Waals surface area contributed by atoms with E-state index in [2.05, 4.69) is 24.2 Å². The lowest BCUT2D eigenvalue weighted by Crippen LogP contribution is -2.19. The third kappa shape index (κ3) is 4.31. The summed E-state index contributed by atoms with van der Waals surface area (Å²) in [6, 6.07) is 0. The smallest absolute Gasteiger partial charge is 0.360 e. The molecular formula is C13H23N3O3. The Morgan fingerprint density at radius 1 is 1.37 bits per heavy atom. The van der Waals surface area contributed by atoms with Crippen molar-refractivity contribution in [3.8, 4) is 0 Å². The number of methoxy groups -OCH3 is 1. The fourth-order valence-electron chi connectivity index (χ4n) is 1.74. The number of ether oxygens (including phenoxy) is 2. The fourth-order valence-corrected chi connectivity index (χ4v) is 1.74. The van der Waals surface area contributed by atoms with Crippen LogP contribution in [-0.4, -0.2) is 40.8 Å². The van der Waals surface area contributed by atoms with Crippen LogP contribution in [0, 0.1) is 5.92 Å². The second kappa shape index (κ2) is 7.23. The number of aromatic nitrogens is 3. The highest BCUT2D eigenvalue weighted by Crippen LogP contribution is 2.14. The van der Waals surface area contributed by atoms with Crippen LogP contribution in [0.2, 0.25) is 0 Å². The van der Waals surface area contributed by atoms with Crippen LogP contribution in [-0.2, 0) is 22.4 Å². The molecule has 6 nitrogen and oxygen atoms in total. The summed E-state index contributed by atoms with van der Waals surface area (Å²) in [5.74, 6) is -0.00209. The van der Waals surface area contributed by atoms with Crippen molar-refractivity contribution in [2.45, 2.75) is 46.8 Å². The summed E-state index contributed by atoms with van der Waals surface area (Å²) in [4.78, 5) is 11.8. The molecule has 0 amide bonds. The summed E-state index contributed by atoms with van der Waals surface area (Å²) in [5, 5.41) is 8.00. The van der Waals surface area contributed by atoms with Gasteiger partial charge >= 0.3 is 5.97 Å². The van der Waals surface area contributed by atoms with Gasteiger partial charge in [-0.3, -0.25) is 0 Å². The zero-order valence-corrected chi connectivity index (χ0v) is 12.3. The lowest BCUT2D eigenvalue weighted by atomic mass is 10.1. The summed E-state index contributed by atoms with van der Waals surface area (Å²) in [7, 11) is 1.65. The molecule has 0 aliphatic heterocycles. The molecule has 0 radical (unpaired) electrons. The third-order valence-corrected chi connectivity index (χ3v) is 2.74. The van der Waals surface area contributed by atoms with Crippen LogP contribution < -0.4 is 0 Å². The number of nitrogens with zero attached hydrogens (tertiary/aromatic N) is 3. The predicted molar refractivity (Wildman–Crippen MR) is 71.0 cm³/mol. The molecule has 0 saturated heterocycles. The number of hydrogen-bond donors (Lipinski definition) is 0. The van der Waals surface area contributed by atoms with Gasteiger partial charge in [0.15, 0.2) is 5.69 Å². The molecule has 0 aromatic carbocycles. The van der Waals surface area contributed by atoms with Crippen molar-refractivity contribution in [1.29, 1.82) is 0 Å². The number of esters is 1. The van der Waals surface area contributed by atoms with Crippen molar-refractivity contribution in [1.82, 2.24) is 15.0 Å². The molecular weight excluding hydrogens is 246 g/mol. The Kier molecular flexibility index (Phi) is 5.95. The molecule has 0 aliphatic rings. The van der Waals surface area contributed by atoms with Crippen molar-refractivity contribution in [3.05, 3.63) is 11.4 Å². The molecule has 0 aliphatic carbocycles. The Labute approximate surface area is 114 Å². The highest BCUT2D eigenvalue weighted by molar-refractivity contribution is 5.88. The van der Waals surface area contributed by atoms with Crippen LogP contribution in [0.3, 0.4) is 0 Å². The van der Waals surface area contributed by atoms with Gasteiger partial charge in [-0.25, -0.2) is 9.48 Å². The highest BCUT2D eigenvalue weighted by atomic mass is 16.5. The SMILES string of the molecule is CCOC(=O)c1nnn(CC(C)OC)c1CC(C)C. The first-order chi connectivity index (χ1) is 8.99.